The molecule has 2 aromatic rings. The molecule has 0 heterocycles. The Kier molecular flexibility index (Phi) is 9.70. The molecule has 2 rings (SSSR count). The normalized spacial score (nSPS) is 11.9. The molecule has 168 valence electrons. The van der Waals surface area contributed by atoms with Gasteiger partial charge in [0.2, 0.25) is 11.8 Å². The SMILES string of the molecule is CCCCNC(=O)[C@@H](C)N(Cc1ccc(F)cc1)C(=O)CCc1ccc(C(C)C)cc1. The van der Waals surface area contributed by atoms with Gasteiger partial charge >= 0.3 is 0 Å². The molecule has 0 aliphatic rings. The number of benzene rings is 2. The number of hydrogen-bond donors (Lipinski definition) is 1. The average Bonchev–Trinajstić information content (AvgIpc) is 2.77. The summed E-state index contributed by atoms with van der Waals surface area (Å²) < 4.78 is 13.3. The molecule has 0 saturated carbocycles. The molecule has 0 radical (unpaired) electrons. The van der Waals surface area contributed by atoms with Crippen molar-refractivity contribution in [2.45, 2.75) is 71.9 Å². The van der Waals surface area contributed by atoms with Crippen LogP contribution >= 0.6 is 0 Å². The number of amides is 2. The summed E-state index contributed by atoms with van der Waals surface area (Å²) in [5.41, 5.74) is 3.16. The number of nitrogens with one attached hydrogen (secondary N) is 1. The highest BCUT2D eigenvalue weighted by Crippen LogP contribution is 2.17. The Morgan fingerprint density at radius 1 is 0.968 bits per heavy atom. The largest absolute Gasteiger partial charge is 0.354 e. The Bertz CT molecular complexity index is 831. The van der Waals surface area contributed by atoms with Gasteiger partial charge in [-0.3, -0.25) is 9.59 Å². The van der Waals surface area contributed by atoms with E-state index >= 15 is 0 Å². The van der Waals surface area contributed by atoms with Gasteiger partial charge in [-0.15, -0.1) is 0 Å². The number of aryl methyl sites for hydroxylation is 1. The summed E-state index contributed by atoms with van der Waals surface area (Å²) in [7, 11) is 0. The lowest BCUT2D eigenvalue weighted by molar-refractivity contribution is -0.140. The standard InChI is InChI=1S/C26H35FN2O2/c1-5-6-17-28-26(31)20(4)29(18-22-9-14-24(27)15-10-22)25(30)16-11-21-7-12-23(13-8-21)19(2)3/h7-10,12-15,19-20H,5-6,11,16-18H2,1-4H3,(H,28,31)/t20-/m1/s1. The topological polar surface area (TPSA) is 49.4 Å². The predicted molar refractivity (Wildman–Crippen MR) is 123 cm³/mol. The summed E-state index contributed by atoms with van der Waals surface area (Å²) in [6.45, 7) is 8.99. The van der Waals surface area contributed by atoms with Crippen molar-refractivity contribution in [3.8, 4) is 0 Å². The van der Waals surface area contributed by atoms with Crippen molar-refractivity contribution in [2.24, 2.45) is 0 Å². The second-order valence-corrected chi connectivity index (χ2v) is 8.36. The predicted octanol–water partition coefficient (Wildman–Crippen LogP) is 5.22. The van der Waals surface area contributed by atoms with E-state index in [0.717, 1.165) is 24.0 Å². The lowest BCUT2D eigenvalue weighted by atomic mass is 10.00. The zero-order valence-electron chi connectivity index (χ0n) is 19.2. The van der Waals surface area contributed by atoms with Crippen LogP contribution in [-0.2, 0) is 22.6 Å². The molecule has 2 amide bonds. The molecule has 5 heteroatoms. The van der Waals surface area contributed by atoms with Gasteiger partial charge in [-0.25, -0.2) is 4.39 Å². The van der Waals surface area contributed by atoms with E-state index in [0.29, 0.717) is 25.3 Å². The fraction of sp³-hybridized carbons (Fsp3) is 0.462. The van der Waals surface area contributed by atoms with Gasteiger partial charge in [-0.2, -0.15) is 0 Å². The van der Waals surface area contributed by atoms with Gasteiger partial charge in [0.25, 0.3) is 0 Å². The number of hydrogen-bond acceptors (Lipinski definition) is 2. The molecule has 31 heavy (non-hydrogen) atoms. The van der Waals surface area contributed by atoms with Crippen LogP contribution in [0.3, 0.4) is 0 Å². The molecule has 0 unspecified atom stereocenters. The van der Waals surface area contributed by atoms with Gasteiger partial charge in [0.05, 0.1) is 0 Å². The van der Waals surface area contributed by atoms with E-state index in [4.69, 9.17) is 0 Å². The van der Waals surface area contributed by atoms with Crippen LogP contribution in [0.4, 0.5) is 4.39 Å². The van der Waals surface area contributed by atoms with Crippen molar-refractivity contribution >= 4 is 11.8 Å². The van der Waals surface area contributed by atoms with Crippen LogP contribution in [0.1, 0.15) is 69.6 Å². The maximum absolute atomic E-state index is 13.3. The van der Waals surface area contributed by atoms with Crippen LogP contribution in [-0.4, -0.2) is 29.3 Å². The van der Waals surface area contributed by atoms with Crippen molar-refractivity contribution in [3.63, 3.8) is 0 Å². The zero-order valence-corrected chi connectivity index (χ0v) is 19.2. The second-order valence-electron chi connectivity index (χ2n) is 8.36. The fourth-order valence-corrected chi connectivity index (χ4v) is 3.37. The molecule has 0 saturated heterocycles. The lowest BCUT2D eigenvalue weighted by Gasteiger charge is -2.29. The quantitative estimate of drug-likeness (QED) is 0.501. The van der Waals surface area contributed by atoms with Crippen molar-refractivity contribution < 1.29 is 14.0 Å². The van der Waals surface area contributed by atoms with Crippen molar-refractivity contribution in [1.29, 1.82) is 0 Å². The fourth-order valence-electron chi connectivity index (χ4n) is 3.37. The van der Waals surface area contributed by atoms with Crippen LogP contribution in [0.2, 0.25) is 0 Å². The van der Waals surface area contributed by atoms with Crippen LogP contribution in [0.5, 0.6) is 0 Å². The van der Waals surface area contributed by atoms with Crippen LogP contribution in [0.15, 0.2) is 48.5 Å². The van der Waals surface area contributed by atoms with Gasteiger partial charge in [0.1, 0.15) is 11.9 Å². The Morgan fingerprint density at radius 2 is 1.58 bits per heavy atom. The molecule has 0 spiro atoms. The smallest absolute Gasteiger partial charge is 0.242 e. The third kappa shape index (κ3) is 7.82. The van der Waals surface area contributed by atoms with Crippen molar-refractivity contribution in [3.05, 3.63) is 71.0 Å². The minimum Gasteiger partial charge on any atom is -0.354 e. The van der Waals surface area contributed by atoms with Gasteiger partial charge in [0, 0.05) is 19.5 Å². The summed E-state index contributed by atoms with van der Waals surface area (Å²) in [4.78, 5) is 27.3. The first-order valence-corrected chi connectivity index (χ1v) is 11.2. The van der Waals surface area contributed by atoms with E-state index in [9.17, 15) is 14.0 Å². The molecule has 0 bridgehead atoms. The minimum atomic E-state index is -0.599. The Labute approximate surface area is 185 Å². The van der Waals surface area contributed by atoms with Crippen molar-refractivity contribution in [1.82, 2.24) is 10.2 Å². The first-order chi connectivity index (χ1) is 14.8. The monoisotopic (exact) mass is 426 g/mol. The zero-order chi connectivity index (χ0) is 22.8. The van der Waals surface area contributed by atoms with E-state index in [1.165, 1.54) is 17.7 Å². The third-order valence-corrected chi connectivity index (χ3v) is 5.54. The maximum atomic E-state index is 13.3. The van der Waals surface area contributed by atoms with Gasteiger partial charge in [-0.05, 0) is 54.5 Å². The summed E-state index contributed by atoms with van der Waals surface area (Å²) in [6.07, 6.45) is 2.81. The van der Waals surface area contributed by atoms with E-state index < -0.39 is 6.04 Å². The van der Waals surface area contributed by atoms with Gasteiger partial charge in [-0.1, -0.05) is 63.6 Å². The minimum absolute atomic E-state index is 0.0876. The van der Waals surface area contributed by atoms with Gasteiger partial charge in [0.15, 0.2) is 0 Å². The number of carbonyl (C=O) groups is 2. The molecular formula is C26H35FN2O2. The van der Waals surface area contributed by atoms with E-state index in [2.05, 4.69) is 50.4 Å². The third-order valence-electron chi connectivity index (χ3n) is 5.54. The van der Waals surface area contributed by atoms with E-state index in [1.807, 2.05) is 0 Å². The first kappa shape index (κ1) is 24.6. The highest BCUT2D eigenvalue weighted by atomic mass is 19.1. The molecule has 1 N–H and O–H groups in total. The molecule has 2 aromatic carbocycles. The Balaban J connectivity index is 2.08. The molecule has 1 atom stereocenters. The summed E-state index contributed by atoms with van der Waals surface area (Å²) >= 11 is 0. The summed E-state index contributed by atoms with van der Waals surface area (Å²) in [6, 6.07) is 13.8. The molecule has 4 nitrogen and oxygen atoms in total. The van der Waals surface area contributed by atoms with E-state index in [1.54, 1.807) is 24.0 Å². The highest BCUT2D eigenvalue weighted by Gasteiger charge is 2.25. The number of halogens is 1. The van der Waals surface area contributed by atoms with Crippen LogP contribution in [0.25, 0.3) is 0 Å². The molecule has 0 fully saturated rings. The maximum Gasteiger partial charge on any atom is 0.242 e. The Morgan fingerprint density at radius 3 is 2.16 bits per heavy atom. The number of carbonyl (C=O) groups excluding carboxylic acids is 2. The van der Waals surface area contributed by atoms with E-state index in [-0.39, 0.29) is 24.2 Å². The molecular weight excluding hydrogens is 391 g/mol. The number of unbranched alkanes of at least 4 members (excludes halogenated alkanes) is 1. The first-order valence-electron chi connectivity index (χ1n) is 11.2. The van der Waals surface area contributed by atoms with Gasteiger partial charge < -0.3 is 10.2 Å². The summed E-state index contributed by atoms with van der Waals surface area (Å²) in [5.74, 6) is -0.105. The number of nitrogens with zero attached hydrogens (tertiary/aromatic N) is 1. The highest BCUT2D eigenvalue weighted by molar-refractivity contribution is 5.87. The second kappa shape index (κ2) is 12.2. The number of rotatable bonds is 11. The summed E-state index contributed by atoms with van der Waals surface area (Å²) in [5, 5.41) is 2.91. The van der Waals surface area contributed by atoms with Crippen molar-refractivity contribution in [2.75, 3.05) is 6.54 Å². The molecule has 0 aliphatic heterocycles. The lowest BCUT2D eigenvalue weighted by Crippen LogP contribution is -2.47. The Hall–Kier alpha value is -2.69. The molecule has 0 aromatic heterocycles. The van der Waals surface area contributed by atoms with Crippen LogP contribution < -0.4 is 5.32 Å². The average molecular weight is 427 g/mol. The van der Waals surface area contributed by atoms with Crippen LogP contribution in [0, 0.1) is 5.82 Å². The molecule has 0 aliphatic carbocycles.